The third kappa shape index (κ3) is 0.918. The molecule has 3 aliphatic rings. The first-order valence-electron chi connectivity index (χ1n) is 5.43. The standard InChI is InChI=1S/C11H17NO/c1-10(4-5-12-9(10)13)8-6-11(7-8)2-3-11/h8H,2-7H2,1H3,(H,12,13). The van der Waals surface area contributed by atoms with Crippen molar-refractivity contribution in [3.63, 3.8) is 0 Å². The first kappa shape index (κ1) is 7.84. The molecule has 2 heteroatoms. The molecule has 3 rings (SSSR count). The van der Waals surface area contributed by atoms with Crippen LogP contribution in [0.15, 0.2) is 0 Å². The third-order valence-corrected chi connectivity index (χ3v) is 4.67. The van der Waals surface area contributed by atoms with Crippen molar-refractivity contribution < 1.29 is 4.79 Å². The Hall–Kier alpha value is -0.530. The highest BCUT2D eigenvalue weighted by Crippen LogP contribution is 2.67. The van der Waals surface area contributed by atoms with Crippen molar-refractivity contribution in [1.82, 2.24) is 5.32 Å². The minimum Gasteiger partial charge on any atom is -0.356 e. The minimum atomic E-state index is -0.00611. The van der Waals surface area contributed by atoms with Gasteiger partial charge in [0.25, 0.3) is 0 Å². The largest absolute Gasteiger partial charge is 0.356 e. The van der Waals surface area contributed by atoms with Crippen LogP contribution in [0.2, 0.25) is 0 Å². The second-order valence-corrected chi connectivity index (χ2v) is 5.53. The highest BCUT2D eigenvalue weighted by atomic mass is 16.2. The molecule has 2 saturated carbocycles. The number of amides is 1. The van der Waals surface area contributed by atoms with E-state index in [1.54, 1.807) is 0 Å². The molecule has 0 aromatic heterocycles. The Balaban J connectivity index is 1.74. The molecule has 0 aromatic carbocycles. The lowest BCUT2D eigenvalue weighted by atomic mass is 9.59. The lowest BCUT2D eigenvalue weighted by molar-refractivity contribution is -0.132. The minimum absolute atomic E-state index is 0.00611. The molecule has 0 aromatic rings. The van der Waals surface area contributed by atoms with Crippen molar-refractivity contribution in [1.29, 1.82) is 0 Å². The van der Waals surface area contributed by atoms with Crippen LogP contribution in [0.25, 0.3) is 0 Å². The molecular weight excluding hydrogens is 162 g/mol. The number of carbonyl (C=O) groups is 1. The number of hydrogen-bond acceptors (Lipinski definition) is 1. The fourth-order valence-electron chi connectivity index (χ4n) is 3.16. The number of nitrogens with one attached hydrogen (secondary N) is 1. The van der Waals surface area contributed by atoms with E-state index in [0.29, 0.717) is 11.8 Å². The average molecular weight is 179 g/mol. The molecule has 1 N–H and O–H groups in total. The molecular formula is C11H17NO. The van der Waals surface area contributed by atoms with Crippen molar-refractivity contribution in [2.45, 2.75) is 39.0 Å². The lowest BCUT2D eigenvalue weighted by Crippen LogP contribution is -2.43. The van der Waals surface area contributed by atoms with Crippen molar-refractivity contribution in [3.05, 3.63) is 0 Å². The molecule has 72 valence electrons. The highest BCUT2D eigenvalue weighted by molar-refractivity contribution is 5.84. The first-order valence-corrected chi connectivity index (χ1v) is 5.43. The average Bonchev–Trinajstić information content (AvgIpc) is 2.74. The predicted molar refractivity (Wildman–Crippen MR) is 50.1 cm³/mol. The quantitative estimate of drug-likeness (QED) is 0.652. The van der Waals surface area contributed by atoms with Crippen LogP contribution in [-0.2, 0) is 4.79 Å². The molecule has 3 fully saturated rings. The maximum absolute atomic E-state index is 11.7. The Labute approximate surface area is 79.1 Å². The number of hydrogen-bond donors (Lipinski definition) is 1. The van der Waals surface area contributed by atoms with Gasteiger partial charge < -0.3 is 5.32 Å². The van der Waals surface area contributed by atoms with Crippen LogP contribution < -0.4 is 5.32 Å². The maximum atomic E-state index is 11.7. The fourth-order valence-corrected chi connectivity index (χ4v) is 3.16. The van der Waals surface area contributed by atoms with Gasteiger partial charge in [0.2, 0.25) is 5.91 Å². The van der Waals surface area contributed by atoms with Crippen LogP contribution >= 0.6 is 0 Å². The summed E-state index contributed by atoms with van der Waals surface area (Å²) in [6.45, 7) is 3.06. The van der Waals surface area contributed by atoms with Crippen molar-refractivity contribution in [3.8, 4) is 0 Å². The van der Waals surface area contributed by atoms with Gasteiger partial charge in [0, 0.05) is 6.54 Å². The highest BCUT2D eigenvalue weighted by Gasteiger charge is 2.60. The molecule has 1 aliphatic heterocycles. The topological polar surface area (TPSA) is 29.1 Å². The Morgan fingerprint density at radius 3 is 2.46 bits per heavy atom. The normalized spacial score (nSPS) is 41.8. The van der Waals surface area contributed by atoms with E-state index >= 15 is 0 Å². The molecule has 13 heavy (non-hydrogen) atoms. The van der Waals surface area contributed by atoms with Crippen molar-refractivity contribution in [2.75, 3.05) is 6.54 Å². The van der Waals surface area contributed by atoms with Gasteiger partial charge in [-0.1, -0.05) is 6.92 Å². The van der Waals surface area contributed by atoms with Crippen molar-refractivity contribution >= 4 is 5.91 Å². The second-order valence-electron chi connectivity index (χ2n) is 5.53. The number of carbonyl (C=O) groups excluding carboxylic acids is 1. The SMILES string of the molecule is CC1(C2CC3(CC3)C2)CCNC1=O. The summed E-state index contributed by atoms with van der Waals surface area (Å²) in [4.78, 5) is 11.7. The van der Waals surface area contributed by atoms with Crippen LogP contribution in [0.4, 0.5) is 0 Å². The zero-order valence-corrected chi connectivity index (χ0v) is 8.23. The molecule has 1 heterocycles. The second kappa shape index (κ2) is 2.10. The smallest absolute Gasteiger partial charge is 0.226 e. The molecule has 0 bridgehead atoms. The zero-order chi connectivity index (χ0) is 9.10. The summed E-state index contributed by atoms with van der Waals surface area (Å²) in [5.41, 5.74) is 0.727. The molecule has 2 aliphatic carbocycles. The van der Waals surface area contributed by atoms with Gasteiger partial charge in [-0.25, -0.2) is 0 Å². The summed E-state index contributed by atoms with van der Waals surface area (Å²) in [5.74, 6) is 1.01. The zero-order valence-electron chi connectivity index (χ0n) is 8.23. The fraction of sp³-hybridized carbons (Fsp3) is 0.909. The Kier molecular flexibility index (Phi) is 1.27. The van der Waals surface area contributed by atoms with Crippen LogP contribution in [0, 0.1) is 16.7 Å². The van der Waals surface area contributed by atoms with E-state index in [-0.39, 0.29) is 5.41 Å². The van der Waals surface area contributed by atoms with Crippen LogP contribution in [0.3, 0.4) is 0 Å². The lowest BCUT2D eigenvalue weighted by Gasteiger charge is -2.44. The molecule has 1 saturated heterocycles. The van der Waals surface area contributed by atoms with E-state index in [2.05, 4.69) is 12.2 Å². The first-order chi connectivity index (χ1) is 6.15. The summed E-state index contributed by atoms with van der Waals surface area (Å²) < 4.78 is 0. The molecule has 1 spiro atoms. The van der Waals surface area contributed by atoms with E-state index in [4.69, 9.17) is 0 Å². The van der Waals surface area contributed by atoms with Gasteiger partial charge in [-0.05, 0) is 43.4 Å². The van der Waals surface area contributed by atoms with Gasteiger partial charge in [0.15, 0.2) is 0 Å². The maximum Gasteiger partial charge on any atom is 0.226 e. The number of rotatable bonds is 1. The molecule has 1 atom stereocenters. The van der Waals surface area contributed by atoms with Gasteiger partial charge in [0.05, 0.1) is 5.41 Å². The predicted octanol–water partition coefficient (Wildman–Crippen LogP) is 1.70. The summed E-state index contributed by atoms with van der Waals surface area (Å²) in [6, 6.07) is 0. The van der Waals surface area contributed by atoms with E-state index < -0.39 is 0 Å². The Morgan fingerprint density at radius 1 is 1.31 bits per heavy atom. The van der Waals surface area contributed by atoms with Crippen LogP contribution in [-0.4, -0.2) is 12.5 Å². The van der Waals surface area contributed by atoms with Gasteiger partial charge in [-0.15, -0.1) is 0 Å². The summed E-state index contributed by atoms with van der Waals surface area (Å²) in [6.07, 6.45) is 6.59. The third-order valence-electron chi connectivity index (χ3n) is 4.67. The van der Waals surface area contributed by atoms with Gasteiger partial charge in [-0.2, -0.15) is 0 Å². The van der Waals surface area contributed by atoms with Crippen LogP contribution in [0.1, 0.15) is 39.0 Å². The summed E-state index contributed by atoms with van der Waals surface area (Å²) in [5, 5.41) is 2.97. The summed E-state index contributed by atoms with van der Waals surface area (Å²) in [7, 11) is 0. The molecule has 1 unspecified atom stereocenters. The van der Waals surface area contributed by atoms with E-state index in [1.807, 2.05) is 0 Å². The van der Waals surface area contributed by atoms with Gasteiger partial charge in [-0.3, -0.25) is 4.79 Å². The molecule has 2 nitrogen and oxygen atoms in total. The Bertz CT molecular complexity index is 261. The van der Waals surface area contributed by atoms with Gasteiger partial charge >= 0.3 is 0 Å². The summed E-state index contributed by atoms with van der Waals surface area (Å²) >= 11 is 0. The van der Waals surface area contributed by atoms with E-state index in [9.17, 15) is 4.79 Å². The Morgan fingerprint density at radius 2 is 2.00 bits per heavy atom. The van der Waals surface area contributed by atoms with Crippen molar-refractivity contribution in [2.24, 2.45) is 16.7 Å². The molecule has 0 radical (unpaired) electrons. The van der Waals surface area contributed by atoms with E-state index in [1.165, 1.54) is 25.7 Å². The monoisotopic (exact) mass is 179 g/mol. The molecule has 1 amide bonds. The van der Waals surface area contributed by atoms with Crippen LogP contribution in [0.5, 0.6) is 0 Å². The van der Waals surface area contributed by atoms with Gasteiger partial charge in [0.1, 0.15) is 0 Å². The van der Waals surface area contributed by atoms with E-state index in [0.717, 1.165) is 18.4 Å².